The third kappa shape index (κ3) is 2.63. The van der Waals surface area contributed by atoms with Crippen molar-refractivity contribution in [3.8, 4) is 0 Å². The van der Waals surface area contributed by atoms with Gasteiger partial charge in [0.25, 0.3) is 0 Å². The van der Waals surface area contributed by atoms with Gasteiger partial charge in [-0.25, -0.2) is 4.98 Å². The van der Waals surface area contributed by atoms with Crippen LogP contribution in [-0.4, -0.2) is 31.3 Å². The van der Waals surface area contributed by atoms with Crippen LogP contribution in [0.25, 0.3) is 0 Å². The molecule has 0 aliphatic rings. The molecule has 7 nitrogen and oxygen atoms in total. The lowest BCUT2D eigenvalue weighted by atomic mass is 10.3. The molecule has 0 radical (unpaired) electrons. The maximum atomic E-state index is 11.4. The van der Waals surface area contributed by atoms with E-state index in [9.17, 15) is 4.79 Å². The summed E-state index contributed by atoms with van der Waals surface area (Å²) in [4.78, 5) is 15.3. The highest BCUT2D eigenvalue weighted by Gasteiger charge is 2.04. The van der Waals surface area contributed by atoms with Crippen LogP contribution in [0.1, 0.15) is 11.5 Å². The first-order valence-corrected chi connectivity index (χ1v) is 4.44. The van der Waals surface area contributed by atoms with Gasteiger partial charge < -0.3 is 5.32 Å². The minimum atomic E-state index is -0.0874. The van der Waals surface area contributed by atoms with Crippen LogP contribution in [-0.2, 0) is 17.8 Å². The first kappa shape index (κ1) is 9.38. The zero-order chi connectivity index (χ0) is 10.5. The maximum Gasteiger partial charge on any atom is 0.226 e. The second-order valence-corrected chi connectivity index (χ2v) is 2.97. The summed E-state index contributed by atoms with van der Waals surface area (Å²) in [5, 5.41) is 15.5. The normalized spacial score (nSPS) is 10.1. The third-order valence-electron chi connectivity index (χ3n) is 1.83. The van der Waals surface area contributed by atoms with Crippen LogP contribution in [0.15, 0.2) is 18.6 Å². The standard InChI is InChI=1S/C8H10N6O/c15-8(3-6-1-2-11-13-6)9-4-7-10-5-12-14-7/h1-2,5H,3-4H2,(H,9,15)(H,11,13)(H,10,12,14). The lowest BCUT2D eigenvalue weighted by molar-refractivity contribution is -0.120. The van der Waals surface area contributed by atoms with Crippen LogP contribution in [0, 0.1) is 0 Å². The number of amides is 1. The number of rotatable bonds is 4. The SMILES string of the molecule is O=C(Cc1ccn[nH]1)NCc1ncn[nH]1. The second-order valence-electron chi connectivity index (χ2n) is 2.97. The molecule has 0 aliphatic heterocycles. The number of nitrogens with one attached hydrogen (secondary N) is 3. The Balaban J connectivity index is 1.78. The third-order valence-corrected chi connectivity index (χ3v) is 1.83. The number of aromatic amines is 2. The van der Waals surface area contributed by atoms with Crippen molar-refractivity contribution in [2.75, 3.05) is 0 Å². The molecule has 2 aromatic rings. The van der Waals surface area contributed by atoms with Gasteiger partial charge in [-0.2, -0.15) is 10.2 Å². The summed E-state index contributed by atoms with van der Waals surface area (Å²) in [6.07, 6.45) is 3.30. The van der Waals surface area contributed by atoms with Gasteiger partial charge in [0.1, 0.15) is 12.2 Å². The molecule has 78 valence electrons. The highest BCUT2D eigenvalue weighted by atomic mass is 16.1. The van der Waals surface area contributed by atoms with Crippen LogP contribution in [0.4, 0.5) is 0 Å². The average Bonchev–Trinajstić information content (AvgIpc) is 2.86. The Labute approximate surface area is 85.3 Å². The van der Waals surface area contributed by atoms with E-state index in [1.165, 1.54) is 6.33 Å². The Morgan fingerprint density at radius 3 is 3.00 bits per heavy atom. The van der Waals surface area contributed by atoms with E-state index < -0.39 is 0 Å². The summed E-state index contributed by atoms with van der Waals surface area (Å²) in [6, 6.07) is 1.76. The molecular weight excluding hydrogens is 196 g/mol. The van der Waals surface area contributed by atoms with E-state index in [2.05, 4.69) is 30.7 Å². The molecule has 0 aliphatic carbocycles. The Morgan fingerprint density at radius 2 is 2.33 bits per heavy atom. The molecule has 2 heterocycles. The number of aromatic nitrogens is 5. The Kier molecular flexibility index (Phi) is 2.72. The molecule has 2 rings (SSSR count). The van der Waals surface area contributed by atoms with Crippen molar-refractivity contribution < 1.29 is 4.79 Å². The lowest BCUT2D eigenvalue weighted by Crippen LogP contribution is -2.25. The van der Waals surface area contributed by atoms with Crippen LogP contribution >= 0.6 is 0 Å². The Hall–Kier alpha value is -2.18. The predicted molar refractivity (Wildman–Crippen MR) is 50.5 cm³/mol. The number of H-pyrrole nitrogens is 2. The smallest absolute Gasteiger partial charge is 0.226 e. The molecule has 15 heavy (non-hydrogen) atoms. The summed E-state index contributed by atoms with van der Waals surface area (Å²) in [7, 11) is 0. The summed E-state index contributed by atoms with van der Waals surface area (Å²) in [5.74, 6) is 0.545. The van der Waals surface area contributed by atoms with Crippen LogP contribution in [0.3, 0.4) is 0 Å². The maximum absolute atomic E-state index is 11.4. The van der Waals surface area contributed by atoms with Gasteiger partial charge in [0.15, 0.2) is 0 Å². The van der Waals surface area contributed by atoms with Gasteiger partial charge in [-0.1, -0.05) is 0 Å². The van der Waals surface area contributed by atoms with Gasteiger partial charge in [-0.3, -0.25) is 15.0 Å². The molecule has 0 fully saturated rings. The number of carbonyl (C=O) groups is 1. The second kappa shape index (κ2) is 4.36. The molecule has 0 saturated heterocycles. The molecule has 0 atom stereocenters. The van der Waals surface area contributed by atoms with Gasteiger partial charge in [-0.05, 0) is 6.07 Å². The average molecular weight is 206 g/mol. The van der Waals surface area contributed by atoms with Crippen LogP contribution in [0.2, 0.25) is 0 Å². The van der Waals surface area contributed by atoms with Gasteiger partial charge in [0.05, 0.1) is 13.0 Å². The first-order chi connectivity index (χ1) is 7.34. The van der Waals surface area contributed by atoms with Crippen LogP contribution in [0.5, 0.6) is 0 Å². The summed E-state index contributed by atoms with van der Waals surface area (Å²) < 4.78 is 0. The van der Waals surface area contributed by atoms with Gasteiger partial charge in [0, 0.05) is 11.9 Å². The minimum Gasteiger partial charge on any atom is -0.348 e. The molecule has 7 heteroatoms. The molecule has 0 spiro atoms. The van der Waals surface area contributed by atoms with Gasteiger partial charge in [0.2, 0.25) is 5.91 Å². The molecule has 0 bridgehead atoms. The van der Waals surface area contributed by atoms with E-state index in [1.807, 2.05) is 0 Å². The van der Waals surface area contributed by atoms with E-state index in [0.717, 1.165) is 5.69 Å². The Morgan fingerprint density at radius 1 is 1.40 bits per heavy atom. The topological polar surface area (TPSA) is 99.3 Å². The minimum absolute atomic E-state index is 0.0874. The molecule has 0 unspecified atom stereocenters. The molecule has 0 saturated carbocycles. The van der Waals surface area contributed by atoms with Gasteiger partial charge >= 0.3 is 0 Å². The zero-order valence-electron chi connectivity index (χ0n) is 7.90. The predicted octanol–water partition coefficient (Wildman–Crippen LogP) is -0.613. The highest BCUT2D eigenvalue weighted by Crippen LogP contribution is 1.93. The van der Waals surface area contributed by atoms with Gasteiger partial charge in [-0.15, -0.1) is 0 Å². The van der Waals surface area contributed by atoms with Crippen molar-refractivity contribution in [3.05, 3.63) is 30.1 Å². The molecular formula is C8H10N6O. The monoisotopic (exact) mass is 206 g/mol. The summed E-state index contributed by atoms with van der Waals surface area (Å²) in [6.45, 7) is 0.354. The van der Waals surface area contributed by atoms with Crippen molar-refractivity contribution >= 4 is 5.91 Å². The highest BCUT2D eigenvalue weighted by molar-refractivity contribution is 5.77. The number of hydrogen-bond acceptors (Lipinski definition) is 4. The fraction of sp³-hybridized carbons (Fsp3) is 0.250. The number of hydrogen-bond donors (Lipinski definition) is 3. The summed E-state index contributed by atoms with van der Waals surface area (Å²) in [5.41, 5.74) is 0.782. The molecule has 0 aromatic carbocycles. The molecule has 2 aromatic heterocycles. The van der Waals surface area contributed by atoms with E-state index in [4.69, 9.17) is 0 Å². The van der Waals surface area contributed by atoms with Crippen molar-refractivity contribution in [1.82, 2.24) is 30.7 Å². The Bertz CT molecular complexity index is 406. The van der Waals surface area contributed by atoms with Crippen molar-refractivity contribution in [2.24, 2.45) is 0 Å². The number of carbonyl (C=O) groups excluding carboxylic acids is 1. The molecule has 1 amide bonds. The van der Waals surface area contributed by atoms with E-state index >= 15 is 0 Å². The summed E-state index contributed by atoms with van der Waals surface area (Å²) >= 11 is 0. The van der Waals surface area contributed by atoms with Crippen LogP contribution < -0.4 is 5.32 Å². The van der Waals surface area contributed by atoms with Crippen molar-refractivity contribution in [2.45, 2.75) is 13.0 Å². The van der Waals surface area contributed by atoms with E-state index in [1.54, 1.807) is 12.3 Å². The number of nitrogens with zero attached hydrogens (tertiary/aromatic N) is 3. The quantitative estimate of drug-likeness (QED) is 0.621. The molecule has 3 N–H and O–H groups in total. The van der Waals surface area contributed by atoms with E-state index in [-0.39, 0.29) is 12.3 Å². The largest absolute Gasteiger partial charge is 0.348 e. The van der Waals surface area contributed by atoms with E-state index in [0.29, 0.717) is 12.4 Å². The lowest BCUT2D eigenvalue weighted by Gasteiger charge is -2.00. The first-order valence-electron chi connectivity index (χ1n) is 4.44. The fourth-order valence-corrected chi connectivity index (χ4v) is 1.12. The fourth-order valence-electron chi connectivity index (χ4n) is 1.12. The van der Waals surface area contributed by atoms with Crippen molar-refractivity contribution in [3.63, 3.8) is 0 Å². The zero-order valence-corrected chi connectivity index (χ0v) is 7.90. The van der Waals surface area contributed by atoms with Crippen molar-refractivity contribution in [1.29, 1.82) is 0 Å².